The molecular weight excluding hydrogens is 208 g/mol. The van der Waals surface area contributed by atoms with Gasteiger partial charge in [0.1, 0.15) is 5.84 Å². The lowest BCUT2D eigenvalue weighted by molar-refractivity contribution is -0.121. The van der Waals surface area contributed by atoms with E-state index < -0.39 is 0 Å². The summed E-state index contributed by atoms with van der Waals surface area (Å²) in [6.45, 7) is 3.07. The predicted octanol–water partition coefficient (Wildman–Crippen LogP) is -0.373. The first kappa shape index (κ1) is 12.8. The molecule has 0 radical (unpaired) electrons. The summed E-state index contributed by atoms with van der Waals surface area (Å²) in [6.07, 6.45) is 2.69. The first-order valence-electron chi connectivity index (χ1n) is 5.61. The number of rotatable bonds is 7. The largest absolute Gasteiger partial charge is 0.409 e. The van der Waals surface area contributed by atoms with Crippen molar-refractivity contribution in [2.24, 2.45) is 16.8 Å². The van der Waals surface area contributed by atoms with Gasteiger partial charge in [0, 0.05) is 31.5 Å². The minimum atomic E-state index is -0.0310. The van der Waals surface area contributed by atoms with Gasteiger partial charge < -0.3 is 21.6 Å². The molecule has 92 valence electrons. The lowest BCUT2D eigenvalue weighted by Gasteiger charge is -2.10. The minimum Gasteiger partial charge on any atom is -0.409 e. The fourth-order valence-corrected chi connectivity index (χ4v) is 1.25. The standard InChI is InChI=1S/C10H20N4O2/c1-7(10(11)14-16)6-12-5-4-9(15)13-8-2-3-8/h7-8,12,16H,2-6H2,1H3,(H2,11,14)(H,13,15). The number of amides is 1. The number of oxime groups is 1. The molecule has 16 heavy (non-hydrogen) atoms. The van der Waals surface area contributed by atoms with Crippen LogP contribution in [-0.2, 0) is 4.79 Å². The van der Waals surface area contributed by atoms with E-state index in [1.807, 2.05) is 6.92 Å². The van der Waals surface area contributed by atoms with Gasteiger partial charge in [-0.05, 0) is 12.8 Å². The highest BCUT2D eigenvalue weighted by atomic mass is 16.4. The Labute approximate surface area is 95.3 Å². The fourth-order valence-electron chi connectivity index (χ4n) is 1.25. The number of nitrogens with one attached hydrogen (secondary N) is 2. The lowest BCUT2D eigenvalue weighted by atomic mass is 10.1. The van der Waals surface area contributed by atoms with Gasteiger partial charge >= 0.3 is 0 Å². The predicted molar refractivity (Wildman–Crippen MR) is 61.2 cm³/mol. The van der Waals surface area contributed by atoms with Gasteiger partial charge in [-0.15, -0.1) is 0 Å². The summed E-state index contributed by atoms with van der Waals surface area (Å²) in [5.41, 5.74) is 5.41. The van der Waals surface area contributed by atoms with Crippen LogP contribution in [0.2, 0.25) is 0 Å². The summed E-state index contributed by atoms with van der Waals surface area (Å²) < 4.78 is 0. The highest BCUT2D eigenvalue weighted by molar-refractivity contribution is 5.82. The molecule has 1 aliphatic carbocycles. The Bertz CT molecular complexity index is 264. The molecule has 0 aromatic carbocycles. The van der Waals surface area contributed by atoms with E-state index in [1.54, 1.807) is 0 Å². The number of hydrogen-bond acceptors (Lipinski definition) is 4. The lowest BCUT2D eigenvalue weighted by Crippen LogP contribution is -2.34. The first-order valence-corrected chi connectivity index (χ1v) is 5.61. The quantitative estimate of drug-likeness (QED) is 0.157. The van der Waals surface area contributed by atoms with Gasteiger partial charge in [0.15, 0.2) is 0 Å². The van der Waals surface area contributed by atoms with Crippen LogP contribution >= 0.6 is 0 Å². The molecule has 1 unspecified atom stereocenters. The Morgan fingerprint density at radius 3 is 2.88 bits per heavy atom. The van der Waals surface area contributed by atoms with Gasteiger partial charge in [-0.2, -0.15) is 0 Å². The third-order valence-corrected chi connectivity index (χ3v) is 2.54. The Balaban J connectivity index is 2.00. The molecule has 6 heteroatoms. The summed E-state index contributed by atoms with van der Waals surface area (Å²) in [6, 6.07) is 0.420. The van der Waals surface area contributed by atoms with Crippen LogP contribution in [0, 0.1) is 5.92 Å². The van der Waals surface area contributed by atoms with Gasteiger partial charge in [-0.25, -0.2) is 0 Å². The van der Waals surface area contributed by atoms with Gasteiger partial charge in [-0.3, -0.25) is 4.79 Å². The monoisotopic (exact) mass is 228 g/mol. The summed E-state index contributed by atoms with van der Waals surface area (Å²) in [5, 5.41) is 17.4. The molecule has 1 rings (SSSR count). The van der Waals surface area contributed by atoms with Crippen molar-refractivity contribution >= 4 is 11.7 Å². The molecular formula is C10H20N4O2. The Morgan fingerprint density at radius 2 is 2.31 bits per heavy atom. The number of carbonyl (C=O) groups is 1. The molecule has 1 amide bonds. The highest BCUT2D eigenvalue weighted by Crippen LogP contribution is 2.18. The number of hydrogen-bond donors (Lipinski definition) is 4. The van der Waals surface area contributed by atoms with Gasteiger partial charge in [-0.1, -0.05) is 12.1 Å². The molecule has 1 aliphatic rings. The number of nitrogens with two attached hydrogens (primary N) is 1. The maximum Gasteiger partial charge on any atom is 0.221 e. The summed E-state index contributed by atoms with van der Waals surface area (Å²) in [5.74, 6) is 0.262. The second-order valence-electron chi connectivity index (χ2n) is 4.22. The van der Waals surface area contributed by atoms with Crippen molar-refractivity contribution in [3.8, 4) is 0 Å². The second-order valence-corrected chi connectivity index (χ2v) is 4.22. The van der Waals surface area contributed by atoms with Crippen molar-refractivity contribution in [3.63, 3.8) is 0 Å². The SMILES string of the molecule is CC(CNCCC(=O)NC1CC1)C(N)=NO. The van der Waals surface area contributed by atoms with Crippen LogP contribution in [0.4, 0.5) is 0 Å². The molecule has 1 atom stereocenters. The maximum absolute atomic E-state index is 11.3. The van der Waals surface area contributed by atoms with E-state index in [9.17, 15) is 4.79 Å². The van der Waals surface area contributed by atoms with Crippen LogP contribution in [0.3, 0.4) is 0 Å². The maximum atomic E-state index is 11.3. The van der Waals surface area contributed by atoms with Gasteiger partial charge in [0.25, 0.3) is 0 Å². The van der Waals surface area contributed by atoms with E-state index >= 15 is 0 Å². The first-order chi connectivity index (χ1) is 7.63. The molecule has 5 N–H and O–H groups in total. The molecule has 6 nitrogen and oxygen atoms in total. The van der Waals surface area contributed by atoms with E-state index in [2.05, 4.69) is 15.8 Å². The van der Waals surface area contributed by atoms with Crippen molar-refractivity contribution in [1.29, 1.82) is 0 Å². The topological polar surface area (TPSA) is 99.7 Å². The van der Waals surface area contributed by atoms with Crippen molar-refractivity contribution in [3.05, 3.63) is 0 Å². The van der Waals surface area contributed by atoms with Crippen molar-refractivity contribution in [1.82, 2.24) is 10.6 Å². The van der Waals surface area contributed by atoms with E-state index in [1.165, 1.54) is 0 Å². The average Bonchev–Trinajstić information content (AvgIpc) is 3.06. The summed E-state index contributed by atoms with van der Waals surface area (Å²) >= 11 is 0. The third kappa shape index (κ3) is 4.97. The zero-order valence-corrected chi connectivity index (χ0v) is 9.57. The molecule has 1 fully saturated rings. The second kappa shape index (κ2) is 6.32. The molecule has 0 heterocycles. The fraction of sp³-hybridized carbons (Fsp3) is 0.800. The zero-order valence-electron chi connectivity index (χ0n) is 9.57. The van der Waals surface area contributed by atoms with Gasteiger partial charge in [0.2, 0.25) is 5.91 Å². The molecule has 0 spiro atoms. The normalized spacial score (nSPS) is 18.2. The molecule has 0 aromatic heterocycles. The van der Waals surface area contributed by atoms with Crippen LogP contribution in [0.1, 0.15) is 26.2 Å². The third-order valence-electron chi connectivity index (χ3n) is 2.54. The molecule has 0 aromatic rings. The van der Waals surface area contributed by atoms with E-state index in [0.29, 0.717) is 25.6 Å². The average molecular weight is 228 g/mol. The number of amidine groups is 1. The Morgan fingerprint density at radius 1 is 1.62 bits per heavy atom. The Hall–Kier alpha value is -1.30. The van der Waals surface area contributed by atoms with Crippen molar-refractivity contribution < 1.29 is 10.0 Å². The highest BCUT2D eigenvalue weighted by Gasteiger charge is 2.22. The number of carbonyl (C=O) groups excluding carboxylic acids is 1. The van der Waals surface area contributed by atoms with Crippen LogP contribution < -0.4 is 16.4 Å². The Kier molecular flexibility index (Phi) is 5.04. The van der Waals surface area contributed by atoms with Crippen LogP contribution in [-0.4, -0.2) is 36.1 Å². The molecule has 0 bridgehead atoms. The zero-order chi connectivity index (χ0) is 12.0. The number of nitrogens with zero attached hydrogens (tertiary/aromatic N) is 1. The van der Waals surface area contributed by atoms with E-state index in [4.69, 9.17) is 10.9 Å². The summed E-state index contributed by atoms with van der Waals surface area (Å²) in [4.78, 5) is 11.3. The molecule has 0 saturated heterocycles. The summed E-state index contributed by atoms with van der Waals surface area (Å²) in [7, 11) is 0. The minimum absolute atomic E-state index is 0.0310. The van der Waals surface area contributed by atoms with Crippen LogP contribution in [0.15, 0.2) is 5.16 Å². The van der Waals surface area contributed by atoms with E-state index in [-0.39, 0.29) is 17.7 Å². The van der Waals surface area contributed by atoms with Crippen LogP contribution in [0.25, 0.3) is 0 Å². The molecule has 1 saturated carbocycles. The van der Waals surface area contributed by atoms with E-state index in [0.717, 1.165) is 12.8 Å². The van der Waals surface area contributed by atoms with Gasteiger partial charge in [0.05, 0.1) is 0 Å². The van der Waals surface area contributed by atoms with Crippen molar-refractivity contribution in [2.45, 2.75) is 32.2 Å². The van der Waals surface area contributed by atoms with Crippen LogP contribution in [0.5, 0.6) is 0 Å². The van der Waals surface area contributed by atoms with Crippen molar-refractivity contribution in [2.75, 3.05) is 13.1 Å². The smallest absolute Gasteiger partial charge is 0.221 e. The molecule has 0 aliphatic heterocycles.